The summed E-state index contributed by atoms with van der Waals surface area (Å²) in [6.07, 6.45) is 13.3. The predicted octanol–water partition coefficient (Wildman–Crippen LogP) is 15.2. The largest absolute Gasteiger partial charge is 0.309 e. The van der Waals surface area contributed by atoms with Crippen LogP contribution in [0.15, 0.2) is 97.1 Å². The molecule has 0 fully saturated rings. The van der Waals surface area contributed by atoms with Gasteiger partial charge in [0, 0.05) is 50.2 Å². The summed E-state index contributed by atoms with van der Waals surface area (Å²) >= 11 is 7.37. The maximum Gasteiger partial charge on any atom is 0.160 e. The second kappa shape index (κ2) is 15.4. The number of unbranched alkanes of at least 4 members (excludes halogenated alkanes) is 6. The van der Waals surface area contributed by atoms with Gasteiger partial charge in [-0.1, -0.05) is 101 Å². The molecule has 5 heterocycles. The second-order valence-corrected chi connectivity index (χ2v) is 17.9. The van der Waals surface area contributed by atoms with Crippen LogP contribution in [-0.4, -0.2) is 10.9 Å². The zero-order chi connectivity index (χ0) is 34.7. The zero-order valence-electron chi connectivity index (χ0n) is 29.4. The second-order valence-electron chi connectivity index (χ2n) is 13.6. The Balaban J connectivity index is 1.18. The Morgan fingerprint density at radius 3 is 1.75 bits per heavy atom. The van der Waals surface area contributed by atoms with Crippen molar-refractivity contribution in [3.63, 3.8) is 0 Å². The van der Waals surface area contributed by atoms with Crippen LogP contribution in [0.4, 0.5) is 0 Å². The van der Waals surface area contributed by atoms with Gasteiger partial charge in [0.15, 0.2) is 6.29 Å². The van der Waals surface area contributed by atoms with Gasteiger partial charge < -0.3 is 4.57 Å². The van der Waals surface area contributed by atoms with Crippen molar-refractivity contribution in [1.82, 2.24) is 4.57 Å². The molecule has 51 heavy (non-hydrogen) atoms. The van der Waals surface area contributed by atoms with E-state index in [1.54, 1.807) is 11.3 Å². The van der Waals surface area contributed by atoms with Crippen molar-refractivity contribution in [2.45, 2.75) is 78.1 Å². The molecule has 0 N–H and O–H groups in total. The summed E-state index contributed by atoms with van der Waals surface area (Å²) in [5.41, 5.74) is 7.98. The van der Waals surface area contributed by atoms with Gasteiger partial charge in [-0.25, -0.2) is 0 Å². The van der Waals surface area contributed by atoms with Crippen molar-refractivity contribution in [3.8, 4) is 35.6 Å². The van der Waals surface area contributed by atoms with Crippen LogP contribution in [0.1, 0.15) is 86.0 Å². The van der Waals surface area contributed by atoms with Crippen molar-refractivity contribution in [2.24, 2.45) is 0 Å². The molecule has 2 nitrogen and oxygen atoms in total. The number of rotatable bonds is 15. The lowest BCUT2D eigenvalue weighted by Crippen LogP contribution is -1.93. The van der Waals surface area contributed by atoms with Crippen LogP contribution in [-0.2, 0) is 12.8 Å². The Morgan fingerprint density at radius 1 is 0.549 bits per heavy atom. The molecule has 0 radical (unpaired) electrons. The summed E-state index contributed by atoms with van der Waals surface area (Å²) in [6.45, 7) is 4.58. The lowest BCUT2D eigenvalue weighted by Gasteiger charge is -2.10. The maximum absolute atomic E-state index is 11.4. The summed E-state index contributed by atoms with van der Waals surface area (Å²) in [6, 6.07) is 36.2. The van der Waals surface area contributed by atoms with Gasteiger partial charge in [0.1, 0.15) is 0 Å². The minimum Gasteiger partial charge on any atom is -0.309 e. The Hall–Kier alpha value is -3.81. The number of thiophene rings is 4. The van der Waals surface area contributed by atoms with E-state index in [0.29, 0.717) is 0 Å². The molecular weight excluding hydrogens is 699 g/mol. The molecule has 0 unspecified atom stereocenters. The SMILES string of the molecule is CCCCCCc1cc(-c2sc(-c3cc4sc(C=O)cc4s3)cc2CCCCCC)sc1-c1ccc(-n2c3ccccc3c3ccccc32)cc1. The number of hydrogen-bond acceptors (Lipinski definition) is 5. The van der Waals surface area contributed by atoms with E-state index >= 15 is 0 Å². The normalized spacial score (nSPS) is 11.8. The molecule has 5 aromatic heterocycles. The molecule has 8 aromatic rings. The van der Waals surface area contributed by atoms with Gasteiger partial charge in [0.2, 0.25) is 0 Å². The van der Waals surface area contributed by atoms with Crippen LogP contribution in [0.5, 0.6) is 0 Å². The minimum atomic E-state index is 0.812. The number of fused-ring (bicyclic) bond motifs is 4. The number of carbonyl (C=O) groups excluding carboxylic acids is 1. The molecule has 258 valence electrons. The fraction of sp³-hybridized carbons (Fsp3) is 0.267. The van der Waals surface area contributed by atoms with Crippen molar-refractivity contribution in [2.75, 3.05) is 0 Å². The monoisotopic (exact) mass is 741 g/mol. The molecule has 0 saturated heterocycles. The van der Waals surface area contributed by atoms with Gasteiger partial charge in [-0.3, -0.25) is 4.79 Å². The molecule has 0 saturated carbocycles. The molecular formula is C45H43NOS4. The number of carbonyl (C=O) groups is 1. The lowest BCUT2D eigenvalue weighted by atomic mass is 10.0. The molecule has 0 aliphatic rings. The first-order chi connectivity index (χ1) is 25.1. The van der Waals surface area contributed by atoms with E-state index < -0.39 is 0 Å². The van der Waals surface area contributed by atoms with E-state index in [4.69, 9.17) is 0 Å². The lowest BCUT2D eigenvalue weighted by molar-refractivity contribution is 0.112. The number of para-hydroxylation sites is 2. The van der Waals surface area contributed by atoms with Crippen LogP contribution in [0.25, 0.3) is 66.8 Å². The summed E-state index contributed by atoms with van der Waals surface area (Å²) in [5, 5.41) is 2.59. The number of aryl methyl sites for hydroxylation is 2. The highest BCUT2D eigenvalue weighted by molar-refractivity contribution is 7.32. The third kappa shape index (κ3) is 6.92. The molecule has 6 heteroatoms. The number of hydrogen-bond donors (Lipinski definition) is 0. The zero-order valence-corrected chi connectivity index (χ0v) is 32.6. The summed E-state index contributed by atoms with van der Waals surface area (Å²) < 4.78 is 4.84. The molecule has 0 aliphatic carbocycles. The summed E-state index contributed by atoms with van der Waals surface area (Å²) in [5.74, 6) is 0. The topological polar surface area (TPSA) is 22.0 Å². The van der Waals surface area contributed by atoms with Crippen LogP contribution >= 0.6 is 45.3 Å². The molecule has 0 spiro atoms. The number of benzene rings is 3. The van der Waals surface area contributed by atoms with E-state index in [-0.39, 0.29) is 0 Å². The van der Waals surface area contributed by atoms with Crippen molar-refractivity contribution >= 4 is 82.8 Å². The number of aldehydes is 1. The van der Waals surface area contributed by atoms with E-state index in [9.17, 15) is 4.79 Å². The van der Waals surface area contributed by atoms with Crippen LogP contribution in [0.3, 0.4) is 0 Å². The molecule has 0 aliphatic heterocycles. The Bertz CT molecular complexity index is 2340. The Labute approximate surface area is 317 Å². The van der Waals surface area contributed by atoms with E-state index in [1.807, 2.05) is 40.1 Å². The van der Waals surface area contributed by atoms with Crippen LogP contribution in [0, 0.1) is 0 Å². The van der Waals surface area contributed by atoms with E-state index in [0.717, 1.165) is 24.0 Å². The first-order valence-corrected chi connectivity index (χ1v) is 21.8. The smallest absolute Gasteiger partial charge is 0.160 e. The number of nitrogens with zero attached hydrogens (tertiary/aromatic N) is 1. The van der Waals surface area contributed by atoms with Crippen molar-refractivity contribution in [3.05, 3.63) is 113 Å². The van der Waals surface area contributed by atoms with Gasteiger partial charge in [-0.05, 0) is 90.9 Å². The van der Waals surface area contributed by atoms with E-state index in [2.05, 4.69) is 109 Å². The summed E-state index contributed by atoms with van der Waals surface area (Å²) in [4.78, 5) is 19.1. The third-order valence-corrected chi connectivity index (χ3v) is 15.0. The molecule has 0 bridgehead atoms. The van der Waals surface area contributed by atoms with Crippen molar-refractivity contribution in [1.29, 1.82) is 0 Å². The minimum absolute atomic E-state index is 0.812. The van der Waals surface area contributed by atoms with Gasteiger partial charge in [0.25, 0.3) is 0 Å². The highest BCUT2D eigenvalue weighted by atomic mass is 32.1. The fourth-order valence-corrected chi connectivity index (χ4v) is 12.3. The standard InChI is InChI=1S/C45H43NOS4/c1-3-5-7-9-15-31-26-43(45-32(16-10-8-6-4-2)25-39(50-45)42-28-41-40(49-42)27-34(29-47)48-41)51-44(31)30-21-23-33(24-22-30)46-37-19-13-11-17-35(37)36-18-12-14-20-38(36)46/h11-14,17-29H,3-10,15-16H2,1-2H3. The van der Waals surface area contributed by atoms with Crippen LogP contribution in [0.2, 0.25) is 0 Å². The van der Waals surface area contributed by atoms with Gasteiger partial charge in [-0.15, -0.1) is 45.3 Å². The first kappa shape index (κ1) is 34.3. The summed E-state index contributed by atoms with van der Waals surface area (Å²) in [7, 11) is 0. The van der Waals surface area contributed by atoms with Crippen molar-refractivity contribution < 1.29 is 4.79 Å². The van der Waals surface area contributed by atoms with E-state index in [1.165, 1.54) is 129 Å². The number of aromatic nitrogens is 1. The average molecular weight is 742 g/mol. The third-order valence-electron chi connectivity index (χ3n) is 9.99. The molecule has 8 rings (SSSR count). The predicted molar refractivity (Wildman–Crippen MR) is 227 cm³/mol. The Kier molecular flexibility index (Phi) is 10.4. The first-order valence-electron chi connectivity index (χ1n) is 18.5. The fourth-order valence-electron chi connectivity index (χ4n) is 7.40. The van der Waals surface area contributed by atoms with Crippen LogP contribution < -0.4 is 0 Å². The maximum atomic E-state index is 11.4. The highest BCUT2D eigenvalue weighted by Gasteiger charge is 2.20. The molecule has 3 aromatic carbocycles. The van der Waals surface area contributed by atoms with Gasteiger partial charge in [-0.2, -0.15) is 0 Å². The Morgan fingerprint density at radius 2 is 1.12 bits per heavy atom. The quantitative estimate of drug-likeness (QED) is 0.0757. The average Bonchev–Trinajstić information content (AvgIpc) is 3.99. The molecule has 0 atom stereocenters. The van der Waals surface area contributed by atoms with Gasteiger partial charge in [0.05, 0.1) is 15.9 Å². The molecule has 0 amide bonds. The van der Waals surface area contributed by atoms with Gasteiger partial charge >= 0.3 is 0 Å². The highest BCUT2D eigenvalue weighted by Crippen LogP contribution is 2.48.